The highest BCUT2D eigenvalue weighted by Gasteiger charge is 2.38. The van der Waals surface area contributed by atoms with Gasteiger partial charge in [0, 0.05) is 0 Å². The van der Waals surface area contributed by atoms with Crippen LogP contribution in [0.2, 0.25) is 0 Å². The van der Waals surface area contributed by atoms with E-state index in [0.717, 1.165) is 31.4 Å². The largest absolute Gasteiger partial charge is 0.433 e. The summed E-state index contributed by atoms with van der Waals surface area (Å²) in [6.07, 6.45) is 2.38. The van der Waals surface area contributed by atoms with Gasteiger partial charge in [0.1, 0.15) is 6.04 Å². The smallest absolute Gasteiger partial charge is 0.310 e. The Kier molecular flexibility index (Phi) is 5.25. The maximum Gasteiger partial charge on any atom is 0.310 e. The zero-order valence-corrected chi connectivity index (χ0v) is 13.0. The summed E-state index contributed by atoms with van der Waals surface area (Å²) in [5.41, 5.74) is 0.995. The van der Waals surface area contributed by atoms with Gasteiger partial charge in [0.25, 0.3) is 0 Å². The number of carbonyl (C=O) groups excluding carboxylic acids is 2. The van der Waals surface area contributed by atoms with Gasteiger partial charge in [0.2, 0.25) is 12.2 Å². The minimum absolute atomic E-state index is 0.0821. The fourth-order valence-electron chi connectivity index (χ4n) is 2.92. The molecule has 2 saturated heterocycles. The van der Waals surface area contributed by atoms with Gasteiger partial charge < -0.3 is 20.1 Å². The standard InChI is InChI=1S/C17H22N2O4/c20-15-10-14(19-16(21)13-8-4-5-9-18-13)17(23-15)22-11-12-6-2-1-3-7-12/h1-3,6-7,13-14,17-18H,4-5,8-11H2,(H,19,21)/t13-,14?,17?/m0/s1. The molecule has 0 bridgehead atoms. The fourth-order valence-corrected chi connectivity index (χ4v) is 2.92. The minimum atomic E-state index is -0.727. The second-order valence-electron chi connectivity index (χ2n) is 5.98. The molecule has 2 unspecified atom stereocenters. The van der Waals surface area contributed by atoms with E-state index < -0.39 is 12.3 Å². The molecule has 2 N–H and O–H groups in total. The first-order chi connectivity index (χ1) is 11.2. The van der Waals surface area contributed by atoms with Crippen molar-refractivity contribution in [2.24, 2.45) is 0 Å². The van der Waals surface area contributed by atoms with Crippen molar-refractivity contribution in [2.45, 2.75) is 50.7 Å². The van der Waals surface area contributed by atoms with Gasteiger partial charge in [-0.3, -0.25) is 9.59 Å². The summed E-state index contributed by atoms with van der Waals surface area (Å²) in [5, 5.41) is 6.09. The van der Waals surface area contributed by atoms with Crippen LogP contribution in [0, 0.1) is 0 Å². The number of amides is 1. The van der Waals surface area contributed by atoms with Crippen LogP contribution in [0.1, 0.15) is 31.2 Å². The minimum Gasteiger partial charge on any atom is -0.433 e. The lowest BCUT2D eigenvalue weighted by Gasteiger charge is -2.25. The van der Waals surface area contributed by atoms with Crippen LogP contribution < -0.4 is 10.6 Å². The lowest BCUT2D eigenvalue weighted by molar-refractivity contribution is -0.168. The van der Waals surface area contributed by atoms with Crippen molar-refractivity contribution in [3.05, 3.63) is 35.9 Å². The second kappa shape index (κ2) is 7.57. The number of hydrogen-bond donors (Lipinski definition) is 2. The number of hydrogen-bond acceptors (Lipinski definition) is 5. The molecule has 23 heavy (non-hydrogen) atoms. The van der Waals surface area contributed by atoms with Crippen LogP contribution in [0.25, 0.3) is 0 Å². The third-order valence-electron chi connectivity index (χ3n) is 4.17. The zero-order chi connectivity index (χ0) is 16.1. The molecular weight excluding hydrogens is 296 g/mol. The van der Waals surface area contributed by atoms with Crippen LogP contribution in [-0.4, -0.2) is 36.8 Å². The molecule has 0 radical (unpaired) electrons. The molecular formula is C17H22N2O4. The van der Waals surface area contributed by atoms with Crippen molar-refractivity contribution in [2.75, 3.05) is 6.54 Å². The first-order valence-electron chi connectivity index (χ1n) is 8.11. The van der Waals surface area contributed by atoms with E-state index >= 15 is 0 Å². The highest BCUT2D eigenvalue weighted by Crippen LogP contribution is 2.19. The highest BCUT2D eigenvalue weighted by atomic mass is 16.7. The summed E-state index contributed by atoms with van der Waals surface area (Å²) in [7, 11) is 0. The number of rotatable bonds is 5. The lowest BCUT2D eigenvalue weighted by Crippen LogP contribution is -2.51. The van der Waals surface area contributed by atoms with Gasteiger partial charge in [-0.15, -0.1) is 0 Å². The van der Waals surface area contributed by atoms with E-state index in [0.29, 0.717) is 6.61 Å². The SMILES string of the molecule is O=C1CC(NC(=O)[C@@H]2CCCCN2)C(OCc2ccccc2)O1. The van der Waals surface area contributed by atoms with Crippen LogP contribution >= 0.6 is 0 Å². The third kappa shape index (κ3) is 4.30. The molecule has 2 aliphatic rings. The topological polar surface area (TPSA) is 76.7 Å². The van der Waals surface area contributed by atoms with Gasteiger partial charge in [-0.25, -0.2) is 0 Å². The maximum atomic E-state index is 12.3. The van der Waals surface area contributed by atoms with E-state index in [9.17, 15) is 9.59 Å². The molecule has 6 nitrogen and oxygen atoms in total. The number of esters is 1. The molecule has 0 aromatic heterocycles. The molecule has 1 aromatic carbocycles. The normalized spacial score (nSPS) is 27.5. The van der Waals surface area contributed by atoms with Gasteiger partial charge in [-0.05, 0) is 24.9 Å². The summed E-state index contributed by atoms with van der Waals surface area (Å²) < 4.78 is 10.9. The first kappa shape index (κ1) is 16.0. The van der Waals surface area contributed by atoms with Crippen molar-refractivity contribution in [3.63, 3.8) is 0 Å². The molecule has 0 aliphatic carbocycles. The van der Waals surface area contributed by atoms with Crippen molar-refractivity contribution in [1.29, 1.82) is 0 Å². The van der Waals surface area contributed by atoms with Gasteiger partial charge in [-0.1, -0.05) is 36.8 Å². The van der Waals surface area contributed by atoms with Crippen molar-refractivity contribution in [3.8, 4) is 0 Å². The van der Waals surface area contributed by atoms with Crippen molar-refractivity contribution in [1.82, 2.24) is 10.6 Å². The van der Waals surface area contributed by atoms with Gasteiger partial charge in [-0.2, -0.15) is 0 Å². The Morgan fingerprint density at radius 2 is 2.13 bits per heavy atom. The molecule has 124 valence electrons. The lowest BCUT2D eigenvalue weighted by atomic mass is 10.0. The Hall–Kier alpha value is -1.92. The Balaban J connectivity index is 1.54. The van der Waals surface area contributed by atoms with Crippen LogP contribution in [0.4, 0.5) is 0 Å². The number of piperidine rings is 1. The van der Waals surface area contributed by atoms with Crippen LogP contribution in [0.15, 0.2) is 30.3 Å². The molecule has 6 heteroatoms. The highest BCUT2D eigenvalue weighted by molar-refractivity contribution is 5.83. The number of cyclic esters (lactones) is 1. The quantitative estimate of drug-likeness (QED) is 0.795. The predicted octanol–water partition coefficient (Wildman–Crippen LogP) is 1.10. The predicted molar refractivity (Wildman–Crippen MR) is 83.3 cm³/mol. The van der Waals surface area contributed by atoms with Gasteiger partial charge >= 0.3 is 5.97 Å². The first-order valence-corrected chi connectivity index (χ1v) is 8.11. The van der Waals surface area contributed by atoms with E-state index in [1.165, 1.54) is 0 Å². The van der Waals surface area contributed by atoms with E-state index in [1.54, 1.807) is 0 Å². The molecule has 3 atom stereocenters. The number of benzene rings is 1. The Bertz CT molecular complexity index is 543. The fraction of sp³-hybridized carbons (Fsp3) is 0.529. The molecule has 2 fully saturated rings. The second-order valence-corrected chi connectivity index (χ2v) is 5.98. The van der Waals surface area contributed by atoms with E-state index in [1.807, 2.05) is 30.3 Å². The van der Waals surface area contributed by atoms with Crippen LogP contribution in [-0.2, 0) is 25.7 Å². The monoisotopic (exact) mass is 318 g/mol. The van der Waals surface area contributed by atoms with E-state index in [2.05, 4.69) is 10.6 Å². The molecule has 2 heterocycles. The van der Waals surface area contributed by atoms with Crippen molar-refractivity contribution >= 4 is 11.9 Å². The van der Waals surface area contributed by atoms with Crippen molar-refractivity contribution < 1.29 is 19.1 Å². The van der Waals surface area contributed by atoms with Crippen LogP contribution in [0.5, 0.6) is 0 Å². The molecule has 3 rings (SSSR count). The Labute approximate surface area is 135 Å². The maximum absolute atomic E-state index is 12.3. The van der Waals surface area contributed by atoms with E-state index in [4.69, 9.17) is 9.47 Å². The van der Waals surface area contributed by atoms with E-state index in [-0.39, 0.29) is 24.3 Å². The average molecular weight is 318 g/mol. The van der Waals surface area contributed by atoms with Gasteiger partial charge in [0.15, 0.2) is 0 Å². The molecule has 0 spiro atoms. The summed E-state index contributed by atoms with van der Waals surface area (Å²) in [4.78, 5) is 23.8. The average Bonchev–Trinajstić information content (AvgIpc) is 2.94. The summed E-state index contributed by atoms with van der Waals surface area (Å²) >= 11 is 0. The molecule has 1 aromatic rings. The zero-order valence-electron chi connectivity index (χ0n) is 13.0. The third-order valence-corrected chi connectivity index (χ3v) is 4.17. The Morgan fingerprint density at radius 1 is 1.30 bits per heavy atom. The number of nitrogens with one attached hydrogen (secondary N) is 2. The molecule has 1 amide bonds. The molecule has 2 aliphatic heterocycles. The number of ether oxygens (including phenoxy) is 2. The number of carbonyl (C=O) groups is 2. The summed E-state index contributed by atoms with van der Waals surface area (Å²) in [6.45, 7) is 1.19. The van der Waals surface area contributed by atoms with Crippen LogP contribution in [0.3, 0.4) is 0 Å². The Morgan fingerprint density at radius 3 is 2.87 bits per heavy atom. The van der Waals surface area contributed by atoms with Gasteiger partial charge in [0.05, 0.1) is 19.1 Å². The summed E-state index contributed by atoms with van der Waals surface area (Å²) in [6, 6.07) is 9.05. The summed E-state index contributed by atoms with van der Waals surface area (Å²) in [5.74, 6) is -0.425. The molecule has 0 saturated carbocycles.